The first kappa shape index (κ1) is 17.2. The molecule has 8 heteroatoms. The van der Waals surface area contributed by atoms with E-state index in [-0.39, 0.29) is 15.8 Å². The number of benzene rings is 2. The maximum absolute atomic E-state index is 12.0. The zero-order valence-electron chi connectivity index (χ0n) is 14.5. The molecule has 1 N–H and O–H groups in total. The number of oxazole rings is 1. The average Bonchev–Trinajstić information content (AvgIpc) is 3.16. The van der Waals surface area contributed by atoms with Crippen molar-refractivity contribution in [2.75, 3.05) is 0 Å². The number of carboxylic acid groups (broad SMARTS) is 1. The van der Waals surface area contributed by atoms with Gasteiger partial charge in [0.25, 0.3) is 5.22 Å². The van der Waals surface area contributed by atoms with E-state index in [2.05, 4.69) is 4.98 Å². The second-order valence-electron chi connectivity index (χ2n) is 6.01. The number of para-hydroxylation sites is 2. The average molecular weight is 381 g/mol. The maximum Gasteiger partial charge on any atom is 0.342 e. The molecule has 0 aliphatic rings. The lowest BCUT2D eigenvalue weighted by molar-refractivity contribution is -0.131. The molecule has 0 radical (unpaired) electrons. The Morgan fingerprint density at radius 2 is 1.89 bits per heavy atom. The minimum Gasteiger partial charge on any atom is -0.477 e. The van der Waals surface area contributed by atoms with Crippen molar-refractivity contribution in [3.05, 3.63) is 63.4 Å². The Kier molecular flexibility index (Phi) is 4.12. The highest BCUT2D eigenvalue weighted by atomic mass is 32.2. The van der Waals surface area contributed by atoms with Crippen LogP contribution in [0.4, 0.5) is 0 Å². The van der Waals surface area contributed by atoms with Crippen LogP contribution in [-0.2, 0) is 18.9 Å². The summed E-state index contributed by atoms with van der Waals surface area (Å²) in [4.78, 5) is 28.1. The first-order chi connectivity index (χ1) is 12.9. The molecule has 4 rings (SSSR count). The number of aryl methyl sites for hydroxylation is 2. The van der Waals surface area contributed by atoms with Crippen molar-refractivity contribution in [3.8, 4) is 0 Å². The summed E-state index contributed by atoms with van der Waals surface area (Å²) in [5.41, 5.74) is 3.32. The van der Waals surface area contributed by atoms with Gasteiger partial charge in [-0.25, -0.2) is 14.6 Å². The maximum atomic E-state index is 12.0. The van der Waals surface area contributed by atoms with Crippen molar-refractivity contribution >= 4 is 45.9 Å². The van der Waals surface area contributed by atoms with Crippen LogP contribution in [0.25, 0.3) is 28.2 Å². The molecule has 0 amide bonds. The molecule has 0 fully saturated rings. The minimum absolute atomic E-state index is 0.0711. The third-order valence-electron chi connectivity index (χ3n) is 4.28. The van der Waals surface area contributed by atoms with E-state index in [9.17, 15) is 14.7 Å². The van der Waals surface area contributed by atoms with E-state index in [0.717, 1.165) is 22.8 Å². The molecular weight excluding hydrogens is 366 g/mol. The van der Waals surface area contributed by atoms with Crippen molar-refractivity contribution in [1.29, 1.82) is 0 Å². The van der Waals surface area contributed by atoms with Gasteiger partial charge in [0, 0.05) is 14.1 Å². The zero-order valence-corrected chi connectivity index (χ0v) is 15.4. The highest BCUT2D eigenvalue weighted by Gasteiger charge is 2.15. The van der Waals surface area contributed by atoms with Crippen LogP contribution in [-0.4, -0.2) is 25.2 Å². The van der Waals surface area contributed by atoms with Gasteiger partial charge in [-0.1, -0.05) is 18.2 Å². The Hall–Kier alpha value is -3.26. The second kappa shape index (κ2) is 6.48. The van der Waals surface area contributed by atoms with Gasteiger partial charge in [0.15, 0.2) is 5.58 Å². The number of imidazole rings is 1. The van der Waals surface area contributed by atoms with Crippen LogP contribution in [0.5, 0.6) is 0 Å². The SMILES string of the molecule is Cn1c(=O)n(C)c2cc(/C=C(\Sc3nc4ccccc4o3)C(=O)O)ccc21. The Morgan fingerprint density at radius 3 is 2.63 bits per heavy atom. The lowest BCUT2D eigenvalue weighted by atomic mass is 10.2. The molecule has 0 saturated carbocycles. The van der Waals surface area contributed by atoms with Crippen LogP contribution in [0.15, 0.2) is 61.8 Å². The molecule has 2 aromatic heterocycles. The first-order valence-electron chi connectivity index (χ1n) is 8.08. The highest BCUT2D eigenvalue weighted by Crippen LogP contribution is 2.31. The fraction of sp³-hybridized carbons (Fsp3) is 0.105. The minimum atomic E-state index is -1.08. The van der Waals surface area contributed by atoms with Gasteiger partial charge in [-0.15, -0.1) is 0 Å². The van der Waals surface area contributed by atoms with Gasteiger partial charge in [0.2, 0.25) is 0 Å². The number of hydrogen-bond donors (Lipinski definition) is 1. The normalized spacial score (nSPS) is 12.1. The number of carbonyl (C=O) groups is 1. The summed E-state index contributed by atoms with van der Waals surface area (Å²) >= 11 is 0.945. The van der Waals surface area contributed by atoms with Crippen molar-refractivity contribution in [1.82, 2.24) is 14.1 Å². The number of carboxylic acids is 1. The van der Waals surface area contributed by atoms with E-state index in [1.165, 1.54) is 4.57 Å². The summed E-state index contributed by atoms with van der Waals surface area (Å²) in [5, 5.41) is 9.83. The molecule has 0 bridgehead atoms. The summed E-state index contributed by atoms with van der Waals surface area (Å²) in [5.74, 6) is -1.08. The largest absolute Gasteiger partial charge is 0.477 e. The van der Waals surface area contributed by atoms with Gasteiger partial charge >= 0.3 is 11.7 Å². The molecular formula is C19H15N3O4S. The molecule has 136 valence electrons. The number of hydrogen-bond acceptors (Lipinski definition) is 5. The zero-order chi connectivity index (χ0) is 19.1. The molecule has 2 heterocycles. The number of thioether (sulfide) groups is 1. The van der Waals surface area contributed by atoms with E-state index in [0.29, 0.717) is 16.7 Å². The third kappa shape index (κ3) is 3.04. The molecule has 0 unspecified atom stereocenters. The molecule has 27 heavy (non-hydrogen) atoms. The standard InChI is InChI=1S/C19H15N3O4S/c1-21-13-8-7-11(9-14(13)22(2)19(21)25)10-16(17(23)24)27-18-20-12-5-3-4-6-15(12)26-18/h3-10H,1-2H3,(H,23,24)/b16-10-. The lowest BCUT2D eigenvalue weighted by Gasteiger charge is -2.01. The molecule has 7 nitrogen and oxygen atoms in total. The molecule has 2 aromatic carbocycles. The van der Waals surface area contributed by atoms with Gasteiger partial charge in [-0.05, 0) is 47.7 Å². The van der Waals surface area contributed by atoms with E-state index in [1.54, 1.807) is 55.1 Å². The van der Waals surface area contributed by atoms with Crippen LogP contribution >= 0.6 is 11.8 Å². The fourth-order valence-corrected chi connectivity index (χ4v) is 3.63. The summed E-state index contributed by atoms with van der Waals surface area (Å²) in [6, 6.07) is 12.6. The Bertz CT molecular complexity index is 1250. The molecule has 0 atom stereocenters. The lowest BCUT2D eigenvalue weighted by Crippen LogP contribution is -2.19. The number of nitrogens with zero attached hydrogens (tertiary/aromatic N) is 3. The predicted molar refractivity (Wildman–Crippen MR) is 104 cm³/mol. The van der Waals surface area contributed by atoms with Gasteiger partial charge < -0.3 is 9.52 Å². The van der Waals surface area contributed by atoms with Crippen molar-refractivity contribution < 1.29 is 14.3 Å². The van der Waals surface area contributed by atoms with Crippen LogP contribution in [0.3, 0.4) is 0 Å². The van der Waals surface area contributed by atoms with Crippen molar-refractivity contribution in [2.45, 2.75) is 5.22 Å². The van der Waals surface area contributed by atoms with E-state index < -0.39 is 5.97 Å². The fourth-order valence-electron chi connectivity index (χ4n) is 2.89. The van der Waals surface area contributed by atoms with E-state index in [4.69, 9.17) is 4.42 Å². The van der Waals surface area contributed by atoms with Crippen LogP contribution < -0.4 is 5.69 Å². The molecule has 0 saturated heterocycles. The highest BCUT2D eigenvalue weighted by molar-refractivity contribution is 8.03. The molecule has 0 aliphatic carbocycles. The van der Waals surface area contributed by atoms with Gasteiger partial charge in [0.1, 0.15) is 10.4 Å². The monoisotopic (exact) mass is 381 g/mol. The van der Waals surface area contributed by atoms with Crippen molar-refractivity contribution in [2.24, 2.45) is 14.1 Å². The van der Waals surface area contributed by atoms with Crippen LogP contribution in [0, 0.1) is 0 Å². The second-order valence-corrected chi connectivity index (χ2v) is 7.01. The summed E-state index contributed by atoms with van der Waals surface area (Å²) in [6.45, 7) is 0. The number of aromatic nitrogens is 3. The van der Waals surface area contributed by atoms with E-state index >= 15 is 0 Å². The van der Waals surface area contributed by atoms with Gasteiger partial charge in [-0.2, -0.15) is 0 Å². The Labute approximate surface area is 157 Å². The molecule has 4 aromatic rings. The number of aliphatic carboxylic acids is 1. The molecule has 0 aliphatic heterocycles. The Morgan fingerprint density at radius 1 is 1.15 bits per heavy atom. The van der Waals surface area contributed by atoms with Gasteiger partial charge in [0.05, 0.1) is 11.0 Å². The van der Waals surface area contributed by atoms with Crippen molar-refractivity contribution in [3.63, 3.8) is 0 Å². The number of fused-ring (bicyclic) bond motifs is 2. The molecule has 0 spiro atoms. The Balaban J connectivity index is 1.74. The van der Waals surface area contributed by atoms with E-state index in [1.807, 2.05) is 12.1 Å². The topological polar surface area (TPSA) is 90.3 Å². The quantitative estimate of drug-likeness (QED) is 0.431. The first-order valence-corrected chi connectivity index (χ1v) is 8.89. The van der Waals surface area contributed by atoms with Crippen LogP contribution in [0.1, 0.15) is 5.56 Å². The smallest absolute Gasteiger partial charge is 0.342 e. The summed E-state index contributed by atoms with van der Waals surface area (Å²) in [6.07, 6.45) is 1.54. The summed E-state index contributed by atoms with van der Waals surface area (Å²) < 4.78 is 8.67. The third-order valence-corrected chi connectivity index (χ3v) is 5.14. The van der Waals surface area contributed by atoms with Gasteiger partial charge in [-0.3, -0.25) is 9.13 Å². The summed E-state index contributed by atoms with van der Waals surface area (Å²) in [7, 11) is 3.38. The predicted octanol–water partition coefficient (Wildman–Crippen LogP) is 3.24. The van der Waals surface area contributed by atoms with Crippen LogP contribution in [0.2, 0.25) is 0 Å². The number of rotatable bonds is 4.